The Hall–Kier alpha value is -9.72. The minimum Gasteiger partial charge on any atom is -0.465 e. The molecular formula is C98H140N5O20P5. The third-order valence-electron chi connectivity index (χ3n) is 19.2. The molecule has 30 heteroatoms. The largest absolute Gasteiger partial charge is 0.465 e. The summed E-state index contributed by atoms with van der Waals surface area (Å²) in [5.74, 6) is 0.290. The van der Waals surface area contributed by atoms with Gasteiger partial charge in [0.05, 0.1) is 46.6 Å². The molecule has 128 heavy (non-hydrogen) atoms. The summed E-state index contributed by atoms with van der Waals surface area (Å²) in [5, 5.41) is 17.9. The van der Waals surface area contributed by atoms with Crippen molar-refractivity contribution in [1.29, 1.82) is 0 Å². The molecule has 0 fully saturated rings. The second kappa shape index (κ2) is 48.8. The Balaban J connectivity index is 0.000000559. The van der Waals surface area contributed by atoms with Gasteiger partial charge in [0.15, 0.2) is 0 Å². The van der Waals surface area contributed by atoms with Gasteiger partial charge in [-0.25, -0.2) is 25.4 Å². The minimum absolute atomic E-state index is 0. The Morgan fingerprint density at radius 1 is 0.289 bits per heavy atom. The molecule has 0 radical (unpaired) electrons. The highest BCUT2D eigenvalue weighted by atomic mass is 31.2. The number of hydrogen-bond acceptors (Lipinski definition) is 20. The number of hydrogen-bond donors (Lipinski definition) is 5. The maximum Gasteiger partial charge on any atom is 0.323 e. The topological polar surface area (TPSA) is 323 Å². The fraction of sp³-hybridized carbons (Fsp3) is 0.398. The Morgan fingerprint density at radius 2 is 0.539 bits per heavy atom. The maximum absolute atomic E-state index is 13.9. The van der Waals surface area contributed by atoms with Crippen LogP contribution in [0.3, 0.4) is 0 Å². The Morgan fingerprint density at radius 3 is 0.844 bits per heavy atom. The molecular weight excluding hydrogens is 1720 g/mol. The molecule has 5 N–H and O–H groups in total. The van der Waals surface area contributed by atoms with Crippen molar-refractivity contribution < 1.29 is 98.8 Å². The number of carbonyl (C=O) groups excluding carboxylic acids is 5. The number of rotatable bonds is 34. The highest BCUT2D eigenvalue weighted by Crippen LogP contribution is 2.59. The zero-order valence-corrected chi connectivity index (χ0v) is 82.6. The van der Waals surface area contributed by atoms with Crippen LogP contribution in [-0.4, -0.2) is 107 Å². The molecule has 0 aromatic heterocycles. The van der Waals surface area contributed by atoms with Crippen molar-refractivity contribution in [3.8, 4) is 28.7 Å². The van der Waals surface area contributed by atoms with E-state index in [0.717, 1.165) is 43.4 Å². The van der Waals surface area contributed by atoms with E-state index in [1.165, 1.54) is 0 Å². The minimum atomic E-state index is -3.49. The van der Waals surface area contributed by atoms with Gasteiger partial charge in [0, 0.05) is 21.9 Å². The molecule has 0 bridgehead atoms. The van der Waals surface area contributed by atoms with Gasteiger partial charge in [-0.1, -0.05) is 255 Å². The van der Waals surface area contributed by atoms with Crippen molar-refractivity contribution in [2.75, 3.05) is 19.8 Å². The van der Waals surface area contributed by atoms with Crippen molar-refractivity contribution in [3.05, 3.63) is 260 Å². The number of para-hydroxylation sites is 2. The summed E-state index contributed by atoms with van der Waals surface area (Å²) in [7, 11) is -16.8. The lowest BCUT2D eigenvalue weighted by Crippen LogP contribution is -2.39. The normalized spacial score (nSPS) is 15.1. The van der Waals surface area contributed by atoms with Gasteiger partial charge in [-0.3, -0.25) is 46.8 Å². The fourth-order valence-electron chi connectivity index (χ4n) is 11.4. The molecule has 0 spiro atoms. The predicted molar refractivity (Wildman–Crippen MR) is 523 cm³/mol. The molecule has 0 aliphatic carbocycles. The molecule has 10 aromatic carbocycles. The van der Waals surface area contributed by atoms with E-state index < -0.39 is 113 Å². The van der Waals surface area contributed by atoms with Crippen molar-refractivity contribution in [1.82, 2.24) is 25.4 Å². The summed E-state index contributed by atoms with van der Waals surface area (Å²) in [4.78, 5) is 60.7. The number of ether oxygens (including phenoxy) is 5. The molecule has 25 nitrogen and oxygen atoms in total. The van der Waals surface area contributed by atoms with Crippen LogP contribution >= 0.6 is 37.6 Å². The van der Waals surface area contributed by atoms with Gasteiger partial charge in [-0.15, -0.1) is 0 Å². The average Bonchev–Trinajstić information content (AvgIpc) is 0.782. The lowest BCUT2D eigenvalue weighted by atomic mass is 9.99. The number of fused-ring (bicyclic) bond motifs is 3. The quantitative estimate of drug-likeness (QED) is 0.0142. The van der Waals surface area contributed by atoms with E-state index >= 15 is 0 Å². The van der Waals surface area contributed by atoms with Crippen molar-refractivity contribution in [2.24, 2.45) is 5.41 Å². The lowest BCUT2D eigenvalue weighted by molar-refractivity contribution is -0.148. The highest BCUT2D eigenvalue weighted by molar-refractivity contribution is 7.60. The van der Waals surface area contributed by atoms with Crippen LogP contribution in [0.2, 0.25) is 0 Å². The molecule has 0 saturated carbocycles. The van der Waals surface area contributed by atoms with Crippen LogP contribution in [0, 0.1) is 5.41 Å². The zero-order chi connectivity index (χ0) is 95.1. The summed E-state index contributed by atoms with van der Waals surface area (Å²) in [5.41, 5.74) is 1.08. The predicted octanol–water partition coefficient (Wildman–Crippen LogP) is 25.0. The summed E-state index contributed by atoms with van der Waals surface area (Å²) < 4.78 is 123. The van der Waals surface area contributed by atoms with E-state index in [2.05, 4.69) is 25.4 Å². The van der Waals surface area contributed by atoms with E-state index in [-0.39, 0.29) is 48.9 Å². The first-order chi connectivity index (χ1) is 60.0. The van der Waals surface area contributed by atoms with Crippen LogP contribution in [0.25, 0.3) is 32.3 Å². The SMILES string of the molecule is CC(C)P(=O)(N[C@H](C)C(=O)OCC(C)(C)C)Oc1cccc2ccccc12.CCOC(=O)[C@@H](C)NP(=O)(Oc1ccccc1)C(C)(C)C.CCOC(=O)[C@H](C)NP(=O)(Oc1ccccc1)C(C)C.C[C@@H](NP(=O)(Oc1cccc2ccccc12)C(C)(C)C)C(=O)OCc1ccccc1.C[C@H](NP(=O)(Oc1cccc2ccccc12)C(C)(C)C)C(=O)OCc1ccccc1.[HH].[HH].[HH].[HH]. The number of benzene rings is 10. The number of esters is 5. The van der Waals surface area contributed by atoms with Gasteiger partial charge in [-0.05, 0) is 186 Å². The highest BCUT2D eigenvalue weighted by Gasteiger charge is 2.46. The molecule has 702 valence electrons. The monoisotopic (exact) mass is 1860 g/mol. The third-order valence-corrected chi connectivity index (χ3v) is 33.2. The first-order valence-electron chi connectivity index (χ1n) is 42.8. The first kappa shape index (κ1) is 107. The maximum atomic E-state index is 13.9. The van der Waals surface area contributed by atoms with Crippen molar-refractivity contribution >= 4 is 99.8 Å². The van der Waals surface area contributed by atoms with E-state index in [1.54, 1.807) is 129 Å². The third kappa shape index (κ3) is 33.0. The fourth-order valence-corrected chi connectivity index (χ4v) is 20.0. The molecule has 0 aliphatic heterocycles. The molecule has 10 aromatic rings. The molecule has 0 saturated heterocycles. The van der Waals surface area contributed by atoms with E-state index in [1.807, 2.05) is 279 Å². The van der Waals surface area contributed by atoms with Crippen LogP contribution in [0.15, 0.2) is 249 Å². The molecule has 0 amide bonds. The molecule has 0 heterocycles. The molecule has 10 atom stereocenters. The lowest BCUT2D eigenvalue weighted by Gasteiger charge is -2.33. The Labute approximate surface area is 763 Å². The van der Waals surface area contributed by atoms with Gasteiger partial charge >= 0.3 is 67.4 Å². The van der Waals surface area contributed by atoms with Gasteiger partial charge in [0.2, 0.25) is 0 Å². The van der Waals surface area contributed by atoms with Gasteiger partial charge < -0.3 is 46.3 Å². The van der Waals surface area contributed by atoms with Crippen LogP contribution in [-0.2, 0) is 83.7 Å². The Bertz CT molecular complexity index is 5310. The molecule has 0 aliphatic rings. The first-order valence-corrected chi connectivity index (χ1v) is 51.1. The van der Waals surface area contributed by atoms with E-state index in [0.29, 0.717) is 35.4 Å². The van der Waals surface area contributed by atoms with Crippen LogP contribution in [0.5, 0.6) is 28.7 Å². The van der Waals surface area contributed by atoms with E-state index in [9.17, 15) is 46.8 Å². The number of carbonyl (C=O) groups is 5. The molecule has 10 rings (SSSR count). The zero-order valence-electron chi connectivity index (χ0n) is 78.1. The van der Waals surface area contributed by atoms with Crippen LogP contribution in [0.4, 0.5) is 0 Å². The summed E-state index contributed by atoms with van der Waals surface area (Å²) in [6, 6.07) is 73.1. The Kier molecular flexibility index (Phi) is 40.8. The van der Waals surface area contributed by atoms with E-state index in [4.69, 9.17) is 46.3 Å². The molecule has 5 unspecified atom stereocenters. The summed E-state index contributed by atoms with van der Waals surface area (Å²) in [6.45, 7) is 42.3. The van der Waals surface area contributed by atoms with Crippen molar-refractivity contribution in [2.45, 2.75) is 229 Å². The van der Waals surface area contributed by atoms with Crippen molar-refractivity contribution in [3.63, 3.8) is 0 Å². The second-order valence-electron chi connectivity index (χ2n) is 35.2. The summed E-state index contributed by atoms with van der Waals surface area (Å²) in [6.07, 6.45) is 0. The second-order valence-corrected chi connectivity index (χ2v) is 49.2. The van der Waals surface area contributed by atoms with Gasteiger partial charge in [0.25, 0.3) is 0 Å². The standard InChI is InChI=1S/2C24H28NO4P.C21H30NO4P.C15H24NO4P.C14H22NO4P.4H2/c2*1-18(23(26)28-17-19-11-6-5-7-12-19)25-30(27,24(2,3)4)29-22-16-10-14-20-13-8-9-15-21(20)22;1-15(2)27(24,22-16(3)20(23)25-14-21(4,5)6)26-19-13-9-11-17-10-7-8-12-18(17)19;1-6-19-14(17)12(2)16-21(18,15(3,4)5)20-13-10-8-7-9-11-13;1-5-18-14(16)12(4)15-20(17,11(2)3)19-13-9-7-6-8-10-13;;;;/h2*5-16,18H,17H2,1-4H3,(H,25,27);7-13,15-16H,14H2,1-6H3,(H,22,24);7-12H,6H2,1-5H3,(H,16,18);6-12H,5H2,1-4H3,(H,15,17);4*1H/t2*18-,30?;16-,27?;12-,21?;12-,20?;;;;/m10110..../s1. The van der Waals surface area contributed by atoms with Crippen LogP contribution < -0.4 is 48.1 Å². The smallest absolute Gasteiger partial charge is 0.323 e. The number of nitrogens with one attached hydrogen (secondary N) is 5. The average molecular weight is 1860 g/mol. The van der Waals surface area contributed by atoms with Gasteiger partial charge in [0.1, 0.15) is 72.2 Å². The van der Waals surface area contributed by atoms with Crippen LogP contribution in [0.1, 0.15) is 176 Å². The van der Waals surface area contributed by atoms with Gasteiger partial charge in [-0.2, -0.15) is 0 Å². The summed E-state index contributed by atoms with van der Waals surface area (Å²) >= 11 is 0.